The Hall–Kier alpha value is -3.73. The predicted molar refractivity (Wildman–Crippen MR) is 129 cm³/mol. The second-order valence-corrected chi connectivity index (χ2v) is 9.38. The van der Waals surface area contributed by atoms with Crippen molar-refractivity contribution < 1.29 is 18.7 Å². The lowest BCUT2D eigenvalue weighted by Crippen LogP contribution is -2.54. The molecule has 3 N–H and O–H groups in total. The summed E-state index contributed by atoms with van der Waals surface area (Å²) in [5, 5.41) is 8.60. The first-order valence-electron chi connectivity index (χ1n) is 11.5. The van der Waals surface area contributed by atoms with Gasteiger partial charge in [0.25, 0.3) is 0 Å². The molecule has 5 rings (SSSR count). The van der Waals surface area contributed by atoms with Crippen molar-refractivity contribution >= 4 is 40.0 Å². The van der Waals surface area contributed by atoms with Crippen molar-refractivity contribution in [1.29, 1.82) is 0 Å². The fourth-order valence-electron chi connectivity index (χ4n) is 5.23. The van der Waals surface area contributed by atoms with Gasteiger partial charge in [0.1, 0.15) is 5.82 Å². The number of amides is 1. The summed E-state index contributed by atoms with van der Waals surface area (Å²) >= 11 is 0. The number of ether oxygens (including phenoxy) is 1. The van der Waals surface area contributed by atoms with Crippen LogP contribution < -0.4 is 20.9 Å². The summed E-state index contributed by atoms with van der Waals surface area (Å²) < 4.78 is 22.8. The van der Waals surface area contributed by atoms with Gasteiger partial charge in [-0.3, -0.25) is 14.4 Å². The normalized spacial score (nSPS) is 21.9. The highest BCUT2D eigenvalue weighted by molar-refractivity contribution is 6.31. The number of carbonyl (C=O) groups excluding carboxylic acids is 2. The maximum absolute atomic E-state index is 15.7. The monoisotopic (exact) mass is 481 g/mol. The Morgan fingerprint density at radius 1 is 1.23 bits per heavy atom. The van der Waals surface area contributed by atoms with Crippen molar-refractivity contribution in [3.05, 3.63) is 41.5 Å². The number of hydrogen-bond donors (Lipinski definition) is 2. The number of benzene rings is 1. The van der Waals surface area contributed by atoms with Gasteiger partial charge in [0.05, 0.1) is 11.2 Å². The molecular weight excluding hydrogens is 453 g/mol. The predicted octanol–water partition coefficient (Wildman–Crippen LogP) is 1.65. The summed E-state index contributed by atoms with van der Waals surface area (Å²) in [6, 6.07) is 4.13. The summed E-state index contributed by atoms with van der Waals surface area (Å²) in [5.74, 6) is -2.41. The molecular formula is C24H28FN7O3. The zero-order valence-corrected chi connectivity index (χ0v) is 20.1. The van der Waals surface area contributed by atoms with E-state index in [2.05, 4.69) is 34.1 Å². The molecule has 1 saturated heterocycles. The molecule has 35 heavy (non-hydrogen) atoms. The minimum Gasteiger partial charge on any atom is -0.434 e. The van der Waals surface area contributed by atoms with Crippen LogP contribution in [0.4, 0.5) is 21.6 Å². The number of nitrogens with one attached hydrogen (secondary N) is 1. The molecule has 0 saturated carbocycles. The Labute approximate surface area is 201 Å². The fourth-order valence-corrected chi connectivity index (χ4v) is 5.23. The van der Waals surface area contributed by atoms with Crippen LogP contribution in [-0.2, 0) is 27.8 Å². The third-order valence-electron chi connectivity index (χ3n) is 6.56. The highest BCUT2D eigenvalue weighted by atomic mass is 19.1. The Balaban J connectivity index is 1.65. The number of halogens is 1. The van der Waals surface area contributed by atoms with Crippen LogP contribution in [0.1, 0.15) is 25.0 Å². The number of aryl methyl sites for hydroxylation is 2. The largest absolute Gasteiger partial charge is 0.434 e. The van der Waals surface area contributed by atoms with Gasteiger partial charge in [-0.05, 0) is 32.9 Å². The minimum absolute atomic E-state index is 0.190. The molecule has 2 aromatic heterocycles. The van der Waals surface area contributed by atoms with E-state index >= 15 is 4.39 Å². The zero-order chi connectivity index (χ0) is 25.0. The number of aromatic nitrogens is 3. The number of nitrogens with zero attached hydrogens (tertiary/aromatic N) is 5. The maximum Gasteiger partial charge on any atom is 0.398 e. The smallest absolute Gasteiger partial charge is 0.398 e. The minimum atomic E-state index is -1.21. The van der Waals surface area contributed by atoms with E-state index in [9.17, 15) is 9.59 Å². The Morgan fingerprint density at radius 3 is 2.63 bits per heavy atom. The molecule has 184 valence electrons. The van der Waals surface area contributed by atoms with E-state index in [4.69, 9.17) is 10.5 Å². The summed E-state index contributed by atoms with van der Waals surface area (Å²) in [7, 11) is 1.77. The lowest BCUT2D eigenvalue weighted by atomic mass is 10.1. The zero-order valence-electron chi connectivity index (χ0n) is 20.1. The van der Waals surface area contributed by atoms with Gasteiger partial charge in [-0.1, -0.05) is 0 Å². The molecule has 11 heteroatoms. The van der Waals surface area contributed by atoms with Crippen LogP contribution in [0.25, 0.3) is 10.9 Å². The summed E-state index contributed by atoms with van der Waals surface area (Å²) in [6.07, 6.45) is 2.71. The van der Waals surface area contributed by atoms with Gasteiger partial charge < -0.3 is 20.7 Å². The number of primary amides is 1. The lowest BCUT2D eigenvalue weighted by molar-refractivity contribution is -0.157. The van der Waals surface area contributed by atoms with E-state index in [1.54, 1.807) is 42.0 Å². The molecule has 1 aromatic carbocycles. The van der Waals surface area contributed by atoms with E-state index in [1.807, 2.05) is 6.07 Å². The Kier molecular flexibility index (Phi) is 5.59. The summed E-state index contributed by atoms with van der Waals surface area (Å²) in [4.78, 5) is 32.1. The standard InChI is InChI=1S/C24H28FN7O3/c1-12-9-31(10-13(2)28-12)17-5-6-27-23-16(17)8-19(35-24(34)22(26)33)32(23)18-7-15-11-30(4)29-21(15)14(3)20(18)25/h5-7,11-13,19,28H,8-10H2,1-4H3,(H2,26,33)/t12-,13+,19?. The van der Waals surface area contributed by atoms with Gasteiger partial charge in [-0.2, -0.15) is 5.10 Å². The van der Waals surface area contributed by atoms with Crippen molar-refractivity contribution in [1.82, 2.24) is 20.1 Å². The molecule has 3 aromatic rings. The Morgan fingerprint density at radius 2 is 1.94 bits per heavy atom. The number of piperazine rings is 1. The third-order valence-corrected chi connectivity index (χ3v) is 6.56. The quantitative estimate of drug-likeness (QED) is 0.428. The number of nitrogens with two attached hydrogens (primary N) is 1. The lowest BCUT2D eigenvalue weighted by Gasteiger charge is -2.38. The van der Waals surface area contributed by atoms with E-state index in [-0.39, 0.29) is 24.2 Å². The van der Waals surface area contributed by atoms with E-state index in [0.29, 0.717) is 16.9 Å². The van der Waals surface area contributed by atoms with Crippen LogP contribution in [-0.4, -0.2) is 58.0 Å². The van der Waals surface area contributed by atoms with Gasteiger partial charge in [0.2, 0.25) is 0 Å². The van der Waals surface area contributed by atoms with E-state index < -0.39 is 23.9 Å². The van der Waals surface area contributed by atoms with Gasteiger partial charge in [0.15, 0.2) is 12.0 Å². The summed E-state index contributed by atoms with van der Waals surface area (Å²) in [5.41, 5.74) is 8.03. The number of anilines is 3. The van der Waals surface area contributed by atoms with Gasteiger partial charge in [-0.25, -0.2) is 14.2 Å². The highest BCUT2D eigenvalue weighted by Gasteiger charge is 2.40. The molecule has 2 aliphatic heterocycles. The van der Waals surface area contributed by atoms with E-state index in [1.165, 1.54) is 0 Å². The number of hydrogen-bond acceptors (Lipinski definition) is 8. The second kappa shape index (κ2) is 8.49. The van der Waals surface area contributed by atoms with Crippen molar-refractivity contribution in [3.63, 3.8) is 0 Å². The highest BCUT2D eigenvalue weighted by Crippen LogP contribution is 2.44. The third kappa shape index (κ3) is 3.95. The molecule has 2 aliphatic rings. The maximum atomic E-state index is 15.7. The molecule has 0 radical (unpaired) electrons. The fraction of sp³-hybridized carbons (Fsp3) is 0.417. The van der Waals surface area contributed by atoms with Crippen molar-refractivity contribution in [2.75, 3.05) is 22.9 Å². The average Bonchev–Trinajstić information content (AvgIpc) is 3.34. The molecule has 1 unspecified atom stereocenters. The van der Waals surface area contributed by atoms with Gasteiger partial charge in [-0.15, -0.1) is 0 Å². The van der Waals surface area contributed by atoms with Gasteiger partial charge in [0, 0.05) is 73.2 Å². The molecule has 0 bridgehead atoms. The SMILES string of the molecule is Cc1c(F)c(N2c3nccc(N4C[C@@H](C)N[C@@H](C)C4)c3CC2OC(=O)C(N)=O)cc2cn(C)nc12. The van der Waals surface area contributed by atoms with Gasteiger partial charge >= 0.3 is 11.9 Å². The molecule has 10 nitrogen and oxygen atoms in total. The molecule has 3 atom stereocenters. The number of carbonyl (C=O) groups is 2. The molecule has 1 fully saturated rings. The molecule has 0 aliphatic carbocycles. The van der Waals surface area contributed by atoms with Crippen LogP contribution in [0, 0.1) is 12.7 Å². The van der Waals surface area contributed by atoms with Crippen LogP contribution in [0.2, 0.25) is 0 Å². The Bertz CT molecular complexity index is 1330. The second-order valence-electron chi connectivity index (χ2n) is 9.38. The topological polar surface area (TPSA) is 119 Å². The first-order valence-corrected chi connectivity index (χ1v) is 11.5. The van der Waals surface area contributed by atoms with Crippen molar-refractivity contribution in [2.24, 2.45) is 12.8 Å². The van der Waals surface area contributed by atoms with Crippen molar-refractivity contribution in [3.8, 4) is 0 Å². The first kappa shape index (κ1) is 23.0. The molecule has 4 heterocycles. The van der Waals surface area contributed by atoms with Crippen LogP contribution in [0.5, 0.6) is 0 Å². The van der Waals surface area contributed by atoms with Crippen LogP contribution >= 0.6 is 0 Å². The average molecular weight is 482 g/mol. The number of esters is 1. The number of fused-ring (bicyclic) bond motifs is 2. The summed E-state index contributed by atoms with van der Waals surface area (Å²) in [6.45, 7) is 7.45. The first-order chi connectivity index (χ1) is 16.6. The van der Waals surface area contributed by atoms with Crippen LogP contribution in [0.3, 0.4) is 0 Å². The molecule has 1 amide bonds. The van der Waals surface area contributed by atoms with E-state index in [0.717, 1.165) is 29.7 Å². The number of pyridine rings is 1. The van der Waals surface area contributed by atoms with Crippen molar-refractivity contribution in [2.45, 2.75) is 45.5 Å². The number of rotatable bonds is 3. The van der Waals surface area contributed by atoms with Crippen LogP contribution in [0.15, 0.2) is 24.5 Å². The molecule has 0 spiro atoms.